The van der Waals surface area contributed by atoms with E-state index in [2.05, 4.69) is 10.3 Å². The molecular formula is C13H14ClN3O2S. The number of carbonyl (C=O) groups excluding carboxylic acids is 1. The summed E-state index contributed by atoms with van der Waals surface area (Å²) in [6, 6.07) is 5.09. The fraction of sp³-hybridized carbons (Fsp3) is 0.231. The van der Waals surface area contributed by atoms with Crippen LogP contribution in [0.3, 0.4) is 0 Å². The molecule has 1 aromatic carbocycles. The molecule has 2 aromatic rings. The number of thiazole rings is 1. The second-order valence-corrected chi connectivity index (χ2v) is 5.32. The normalized spacial score (nSPS) is 10.3. The number of nitrogen functional groups attached to an aromatic ring is 1. The number of benzene rings is 1. The first-order valence-corrected chi connectivity index (χ1v) is 7.30. The summed E-state index contributed by atoms with van der Waals surface area (Å²) in [5.41, 5.74) is 6.36. The van der Waals surface area contributed by atoms with Crippen LogP contribution < -0.4 is 15.8 Å². The number of carbonyl (C=O) groups is 1. The number of hydrogen-bond acceptors (Lipinski definition) is 5. The van der Waals surface area contributed by atoms with Crippen LogP contribution in [0.1, 0.15) is 23.8 Å². The topological polar surface area (TPSA) is 77.2 Å². The predicted octanol–water partition coefficient (Wildman–Crippen LogP) is 3.42. The van der Waals surface area contributed by atoms with Crippen LogP contribution in [0.5, 0.6) is 5.75 Å². The van der Waals surface area contributed by atoms with Crippen molar-refractivity contribution >= 4 is 39.7 Å². The Balaban J connectivity index is 2.06. The Labute approximate surface area is 125 Å². The average Bonchev–Trinajstić information content (AvgIpc) is 2.85. The number of rotatable bonds is 5. The van der Waals surface area contributed by atoms with Crippen molar-refractivity contribution in [2.45, 2.75) is 13.3 Å². The molecule has 2 rings (SSSR count). The van der Waals surface area contributed by atoms with Gasteiger partial charge in [0.2, 0.25) is 0 Å². The van der Waals surface area contributed by atoms with Gasteiger partial charge >= 0.3 is 0 Å². The summed E-state index contributed by atoms with van der Waals surface area (Å²) in [5.74, 6) is 0.278. The van der Waals surface area contributed by atoms with Gasteiger partial charge in [0, 0.05) is 11.1 Å². The van der Waals surface area contributed by atoms with Crippen LogP contribution in [-0.4, -0.2) is 17.5 Å². The monoisotopic (exact) mass is 311 g/mol. The summed E-state index contributed by atoms with van der Waals surface area (Å²) in [7, 11) is 0. The summed E-state index contributed by atoms with van der Waals surface area (Å²) < 4.78 is 5.46. The van der Waals surface area contributed by atoms with E-state index in [0.29, 0.717) is 28.2 Å². The van der Waals surface area contributed by atoms with E-state index in [1.807, 2.05) is 6.92 Å². The predicted molar refractivity (Wildman–Crippen MR) is 81.7 cm³/mol. The van der Waals surface area contributed by atoms with Gasteiger partial charge in [-0.1, -0.05) is 18.5 Å². The van der Waals surface area contributed by atoms with Crippen LogP contribution in [-0.2, 0) is 0 Å². The fourth-order valence-electron chi connectivity index (χ4n) is 1.49. The van der Waals surface area contributed by atoms with Crippen molar-refractivity contribution in [2.75, 3.05) is 17.7 Å². The van der Waals surface area contributed by atoms with E-state index in [1.165, 1.54) is 11.3 Å². The van der Waals surface area contributed by atoms with Gasteiger partial charge in [0.25, 0.3) is 5.91 Å². The molecule has 0 aliphatic carbocycles. The lowest BCUT2D eigenvalue weighted by molar-refractivity contribution is 0.102. The lowest BCUT2D eigenvalue weighted by Crippen LogP contribution is -2.12. The standard InChI is InChI=1S/C13H14ClN3O2S/c1-2-5-19-11-4-3-8(6-9(11)14)16-12(18)10-7-20-13(15)17-10/h3-4,6-7H,2,5H2,1H3,(H2,15,17)(H,16,18). The van der Waals surface area contributed by atoms with Gasteiger partial charge in [-0.05, 0) is 24.6 Å². The molecule has 7 heteroatoms. The van der Waals surface area contributed by atoms with Crippen molar-refractivity contribution < 1.29 is 9.53 Å². The molecule has 0 bridgehead atoms. The lowest BCUT2D eigenvalue weighted by Gasteiger charge is -2.09. The molecule has 1 heterocycles. The third-order valence-electron chi connectivity index (χ3n) is 2.41. The van der Waals surface area contributed by atoms with Gasteiger partial charge in [0.15, 0.2) is 5.13 Å². The number of anilines is 2. The first-order chi connectivity index (χ1) is 9.60. The van der Waals surface area contributed by atoms with E-state index in [9.17, 15) is 4.79 Å². The maximum atomic E-state index is 11.9. The number of nitrogens with zero attached hydrogens (tertiary/aromatic N) is 1. The van der Waals surface area contributed by atoms with Gasteiger partial charge in [-0.25, -0.2) is 4.98 Å². The van der Waals surface area contributed by atoms with Gasteiger partial charge in [-0.15, -0.1) is 11.3 Å². The van der Waals surface area contributed by atoms with Crippen molar-refractivity contribution in [2.24, 2.45) is 0 Å². The molecule has 0 atom stereocenters. The van der Waals surface area contributed by atoms with Gasteiger partial charge < -0.3 is 15.8 Å². The molecule has 1 aromatic heterocycles. The highest BCUT2D eigenvalue weighted by molar-refractivity contribution is 7.13. The fourth-order valence-corrected chi connectivity index (χ4v) is 2.27. The minimum atomic E-state index is -0.323. The zero-order chi connectivity index (χ0) is 14.5. The second kappa shape index (κ2) is 6.58. The molecule has 5 nitrogen and oxygen atoms in total. The molecule has 3 N–H and O–H groups in total. The summed E-state index contributed by atoms with van der Waals surface area (Å²) in [5, 5.41) is 5.12. The van der Waals surface area contributed by atoms with Crippen molar-refractivity contribution in [1.82, 2.24) is 4.98 Å². The highest BCUT2D eigenvalue weighted by Gasteiger charge is 2.11. The smallest absolute Gasteiger partial charge is 0.275 e. The van der Waals surface area contributed by atoms with Gasteiger partial charge in [-0.3, -0.25) is 4.79 Å². The summed E-state index contributed by atoms with van der Waals surface area (Å²) >= 11 is 7.31. The third-order valence-corrected chi connectivity index (χ3v) is 3.38. The Kier molecular flexibility index (Phi) is 4.81. The molecule has 106 valence electrons. The number of amides is 1. The maximum Gasteiger partial charge on any atom is 0.275 e. The SMILES string of the molecule is CCCOc1ccc(NC(=O)c2csc(N)n2)cc1Cl. The highest BCUT2D eigenvalue weighted by atomic mass is 35.5. The van der Waals surface area contributed by atoms with E-state index in [4.69, 9.17) is 22.1 Å². The number of halogens is 1. The van der Waals surface area contributed by atoms with Gasteiger partial charge in [0.1, 0.15) is 11.4 Å². The molecule has 0 saturated heterocycles. The largest absolute Gasteiger partial charge is 0.492 e. The van der Waals surface area contributed by atoms with Crippen LogP contribution in [0.15, 0.2) is 23.6 Å². The average molecular weight is 312 g/mol. The quantitative estimate of drug-likeness (QED) is 0.887. The molecule has 0 aliphatic rings. The molecule has 0 unspecified atom stereocenters. The Hall–Kier alpha value is -1.79. The third kappa shape index (κ3) is 3.61. The van der Waals surface area contributed by atoms with E-state index >= 15 is 0 Å². The van der Waals surface area contributed by atoms with Crippen LogP contribution in [0.4, 0.5) is 10.8 Å². The van der Waals surface area contributed by atoms with Gasteiger partial charge in [-0.2, -0.15) is 0 Å². The molecule has 0 aliphatic heterocycles. The van der Waals surface area contributed by atoms with E-state index in [1.54, 1.807) is 23.6 Å². The number of aromatic nitrogens is 1. The van der Waals surface area contributed by atoms with E-state index < -0.39 is 0 Å². The first-order valence-electron chi connectivity index (χ1n) is 6.05. The summed E-state index contributed by atoms with van der Waals surface area (Å²) in [6.45, 7) is 2.62. The Morgan fingerprint density at radius 3 is 2.95 bits per heavy atom. The summed E-state index contributed by atoms with van der Waals surface area (Å²) in [6.07, 6.45) is 0.903. The molecule has 20 heavy (non-hydrogen) atoms. The highest BCUT2D eigenvalue weighted by Crippen LogP contribution is 2.28. The van der Waals surface area contributed by atoms with Crippen LogP contribution in [0, 0.1) is 0 Å². The zero-order valence-electron chi connectivity index (χ0n) is 10.9. The second-order valence-electron chi connectivity index (χ2n) is 4.02. The number of nitrogens with one attached hydrogen (secondary N) is 1. The first kappa shape index (κ1) is 14.6. The molecule has 0 saturated carbocycles. The van der Waals surface area contributed by atoms with Crippen molar-refractivity contribution in [3.63, 3.8) is 0 Å². The van der Waals surface area contributed by atoms with Crippen molar-refractivity contribution in [3.05, 3.63) is 34.3 Å². The summed E-state index contributed by atoms with van der Waals surface area (Å²) in [4.78, 5) is 15.8. The van der Waals surface area contributed by atoms with E-state index in [0.717, 1.165) is 6.42 Å². The molecular weight excluding hydrogens is 298 g/mol. The minimum Gasteiger partial charge on any atom is -0.492 e. The zero-order valence-corrected chi connectivity index (χ0v) is 12.4. The van der Waals surface area contributed by atoms with Crippen LogP contribution in [0.2, 0.25) is 5.02 Å². The lowest BCUT2D eigenvalue weighted by atomic mass is 10.3. The number of nitrogens with two attached hydrogens (primary N) is 1. The van der Waals surface area contributed by atoms with E-state index in [-0.39, 0.29) is 11.6 Å². The molecule has 0 spiro atoms. The van der Waals surface area contributed by atoms with Crippen LogP contribution >= 0.6 is 22.9 Å². The Morgan fingerprint density at radius 2 is 2.35 bits per heavy atom. The van der Waals surface area contributed by atoms with Gasteiger partial charge in [0.05, 0.1) is 11.6 Å². The van der Waals surface area contributed by atoms with Crippen LogP contribution in [0.25, 0.3) is 0 Å². The van der Waals surface area contributed by atoms with Crippen molar-refractivity contribution in [3.8, 4) is 5.75 Å². The minimum absolute atomic E-state index is 0.287. The van der Waals surface area contributed by atoms with Crippen molar-refractivity contribution in [1.29, 1.82) is 0 Å². The molecule has 0 fully saturated rings. The Bertz CT molecular complexity index is 615. The number of hydrogen-bond donors (Lipinski definition) is 2. The molecule has 0 radical (unpaired) electrons. The maximum absolute atomic E-state index is 11.9. The molecule has 1 amide bonds. The number of ether oxygens (including phenoxy) is 1. The Morgan fingerprint density at radius 1 is 1.55 bits per heavy atom.